The minimum atomic E-state index is -1.40. The third-order valence-corrected chi connectivity index (χ3v) is 2.42. The summed E-state index contributed by atoms with van der Waals surface area (Å²) in [4.78, 5) is 0. The minimum Gasteiger partial charge on any atom is -0.378 e. The van der Waals surface area contributed by atoms with E-state index < -0.39 is 34.9 Å². The molecule has 6 heteroatoms. The van der Waals surface area contributed by atoms with Crippen LogP contribution in [0.1, 0.15) is 11.6 Å². The molecule has 1 unspecified atom stereocenters. The Morgan fingerprint density at radius 3 is 2.25 bits per heavy atom. The van der Waals surface area contributed by atoms with Crippen LogP contribution in [0.3, 0.4) is 0 Å². The standard InChI is InChI=1S/C10H9F4NO/c11-5-3-6(12)10(14)8(9(5)13)7-4-16-2-1-15-7/h3,7,15H,1-2,4H2. The number of halogens is 4. The molecule has 1 N–H and O–H groups in total. The van der Waals surface area contributed by atoms with Crippen LogP contribution in [-0.2, 0) is 4.74 Å². The number of hydrogen-bond acceptors (Lipinski definition) is 2. The zero-order chi connectivity index (χ0) is 11.7. The van der Waals surface area contributed by atoms with Crippen LogP contribution in [0.25, 0.3) is 0 Å². The van der Waals surface area contributed by atoms with Crippen molar-refractivity contribution in [2.75, 3.05) is 19.8 Å². The lowest BCUT2D eigenvalue weighted by atomic mass is 10.0. The zero-order valence-electron chi connectivity index (χ0n) is 8.20. The summed E-state index contributed by atoms with van der Waals surface area (Å²) in [6.45, 7) is 0.760. The molecule has 0 aliphatic carbocycles. The lowest BCUT2D eigenvalue weighted by Crippen LogP contribution is -2.36. The van der Waals surface area contributed by atoms with E-state index in [0.717, 1.165) is 0 Å². The lowest BCUT2D eigenvalue weighted by molar-refractivity contribution is 0.0740. The van der Waals surface area contributed by atoms with Crippen LogP contribution in [0.2, 0.25) is 0 Å². The molecule has 88 valence electrons. The maximum atomic E-state index is 13.3. The molecule has 0 bridgehead atoms. The Bertz CT molecular complexity index is 378. The molecule has 0 spiro atoms. The van der Waals surface area contributed by atoms with Crippen LogP contribution in [0, 0.1) is 23.3 Å². The highest BCUT2D eigenvalue weighted by atomic mass is 19.2. The van der Waals surface area contributed by atoms with E-state index in [-0.39, 0.29) is 12.7 Å². The van der Waals surface area contributed by atoms with Crippen LogP contribution >= 0.6 is 0 Å². The Hall–Kier alpha value is -1.14. The summed E-state index contributed by atoms with van der Waals surface area (Å²) >= 11 is 0. The van der Waals surface area contributed by atoms with Crippen LogP contribution in [0.15, 0.2) is 6.07 Å². The van der Waals surface area contributed by atoms with Crippen LogP contribution in [0.4, 0.5) is 17.6 Å². The molecule has 1 aromatic carbocycles. The first-order valence-electron chi connectivity index (χ1n) is 4.75. The van der Waals surface area contributed by atoms with E-state index in [9.17, 15) is 17.6 Å². The second-order valence-corrected chi connectivity index (χ2v) is 3.46. The molecule has 0 saturated carbocycles. The Morgan fingerprint density at radius 1 is 1.12 bits per heavy atom. The third-order valence-electron chi connectivity index (χ3n) is 2.42. The highest BCUT2D eigenvalue weighted by Crippen LogP contribution is 2.26. The van der Waals surface area contributed by atoms with Crippen molar-refractivity contribution in [2.24, 2.45) is 0 Å². The van der Waals surface area contributed by atoms with E-state index in [1.54, 1.807) is 0 Å². The van der Waals surface area contributed by atoms with Crippen molar-refractivity contribution < 1.29 is 22.3 Å². The van der Waals surface area contributed by atoms with Gasteiger partial charge in [-0.2, -0.15) is 0 Å². The molecule has 1 heterocycles. The normalized spacial score (nSPS) is 21.1. The van der Waals surface area contributed by atoms with E-state index >= 15 is 0 Å². The molecule has 1 aliphatic heterocycles. The zero-order valence-corrected chi connectivity index (χ0v) is 8.20. The molecule has 1 aliphatic rings. The maximum Gasteiger partial charge on any atom is 0.166 e. The fourth-order valence-corrected chi connectivity index (χ4v) is 1.65. The minimum absolute atomic E-state index is 0.0171. The Kier molecular flexibility index (Phi) is 3.11. The number of hydrogen-bond donors (Lipinski definition) is 1. The van der Waals surface area contributed by atoms with Gasteiger partial charge in [0.1, 0.15) is 0 Å². The lowest BCUT2D eigenvalue weighted by Gasteiger charge is -2.24. The second kappa shape index (κ2) is 4.39. The summed E-state index contributed by atoms with van der Waals surface area (Å²) in [5, 5.41) is 2.73. The molecule has 16 heavy (non-hydrogen) atoms. The summed E-state index contributed by atoms with van der Waals surface area (Å²) < 4.78 is 57.5. The van der Waals surface area contributed by atoms with E-state index in [0.29, 0.717) is 13.2 Å². The third kappa shape index (κ3) is 1.90. The van der Waals surface area contributed by atoms with Gasteiger partial charge in [0.15, 0.2) is 23.3 Å². The number of morpholine rings is 1. The average molecular weight is 235 g/mol. The largest absolute Gasteiger partial charge is 0.378 e. The first kappa shape index (κ1) is 11.3. The molecule has 1 atom stereocenters. The van der Waals surface area contributed by atoms with Crippen molar-refractivity contribution in [3.8, 4) is 0 Å². The highest BCUT2D eigenvalue weighted by molar-refractivity contribution is 5.26. The van der Waals surface area contributed by atoms with Crippen molar-refractivity contribution in [2.45, 2.75) is 6.04 Å². The molecular weight excluding hydrogens is 226 g/mol. The van der Waals surface area contributed by atoms with Crippen molar-refractivity contribution >= 4 is 0 Å². The fraction of sp³-hybridized carbons (Fsp3) is 0.400. The molecule has 0 radical (unpaired) electrons. The topological polar surface area (TPSA) is 21.3 Å². The Morgan fingerprint density at radius 2 is 1.75 bits per heavy atom. The number of nitrogens with one attached hydrogen (secondary N) is 1. The Labute approximate surface area is 89.2 Å². The molecule has 2 rings (SSSR count). The fourth-order valence-electron chi connectivity index (χ4n) is 1.65. The van der Waals surface area contributed by atoms with Gasteiger partial charge in [0.05, 0.1) is 19.3 Å². The highest BCUT2D eigenvalue weighted by Gasteiger charge is 2.27. The van der Waals surface area contributed by atoms with Crippen molar-refractivity contribution in [3.05, 3.63) is 34.9 Å². The van der Waals surface area contributed by atoms with Gasteiger partial charge in [0.25, 0.3) is 0 Å². The van der Waals surface area contributed by atoms with E-state index in [4.69, 9.17) is 4.74 Å². The average Bonchev–Trinajstić information content (AvgIpc) is 2.28. The summed E-state index contributed by atoms with van der Waals surface area (Å²) in [7, 11) is 0. The molecule has 1 aromatic rings. The molecule has 1 saturated heterocycles. The van der Waals surface area contributed by atoms with E-state index in [1.165, 1.54) is 0 Å². The van der Waals surface area contributed by atoms with Gasteiger partial charge in [-0.15, -0.1) is 0 Å². The molecular formula is C10H9F4NO. The molecule has 0 aromatic heterocycles. The SMILES string of the molecule is Fc1cc(F)c(F)c(C2COCCN2)c1F. The van der Waals surface area contributed by atoms with Crippen LogP contribution in [0.5, 0.6) is 0 Å². The first-order valence-corrected chi connectivity index (χ1v) is 4.75. The molecule has 2 nitrogen and oxygen atoms in total. The maximum absolute atomic E-state index is 13.3. The quantitative estimate of drug-likeness (QED) is 0.593. The van der Waals surface area contributed by atoms with Gasteiger partial charge in [-0.3, -0.25) is 0 Å². The van der Waals surface area contributed by atoms with Gasteiger partial charge >= 0.3 is 0 Å². The summed E-state index contributed by atoms with van der Waals surface area (Å²) in [5.74, 6) is -5.55. The number of rotatable bonds is 1. The van der Waals surface area contributed by atoms with Crippen LogP contribution in [-0.4, -0.2) is 19.8 Å². The summed E-state index contributed by atoms with van der Waals surface area (Å²) in [6.07, 6.45) is 0. The van der Waals surface area contributed by atoms with Crippen molar-refractivity contribution in [1.29, 1.82) is 0 Å². The van der Waals surface area contributed by atoms with Gasteiger partial charge in [-0.1, -0.05) is 0 Å². The summed E-state index contributed by atoms with van der Waals surface area (Å²) in [6, 6.07) is -0.670. The molecule has 0 amide bonds. The number of benzene rings is 1. The monoisotopic (exact) mass is 235 g/mol. The first-order chi connectivity index (χ1) is 7.61. The van der Waals surface area contributed by atoms with Gasteiger partial charge in [-0.25, -0.2) is 17.6 Å². The van der Waals surface area contributed by atoms with Crippen LogP contribution < -0.4 is 5.32 Å². The van der Waals surface area contributed by atoms with E-state index in [2.05, 4.69) is 5.32 Å². The predicted molar refractivity (Wildman–Crippen MR) is 47.8 cm³/mol. The van der Waals surface area contributed by atoms with Gasteiger partial charge < -0.3 is 10.1 Å². The molecule has 1 fully saturated rings. The van der Waals surface area contributed by atoms with Gasteiger partial charge in [0, 0.05) is 18.2 Å². The van der Waals surface area contributed by atoms with Crippen molar-refractivity contribution in [1.82, 2.24) is 5.32 Å². The Balaban J connectivity index is 2.45. The predicted octanol–water partition coefficient (Wildman–Crippen LogP) is 1.90. The van der Waals surface area contributed by atoms with E-state index in [1.807, 2.05) is 0 Å². The second-order valence-electron chi connectivity index (χ2n) is 3.46. The van der Waals surface area contributed by atoms with Gasteiger partial charge in [-0.05, 0) is 0 Å². The number of ether oxygens (including phenoxy) is 1. The van der Waals surface area contributed by atoms with Gasteiger partial charge in [0.2, 0.25) is 0 Å². The smallest absolute Gasteiger partial charge is 0.166 e. The summed E-state index contributed by atoms with van der Waals surface area (Å²) in [5.41, 5.74) is -0.641. The van der Waals surface area contributed by atoms with Crippen molar-refractivity contribution in [3.63, 3.8) is 0 Å².